The van der Waals surface area contributed by atoms with Gasteiger partial charge in [-0.05, 0) is 80.4 Å². The van der Waals surface area contributed by atoms with Gasteiger partial charge in [-0.15, -0.1) is 0 Å². The van der Waals surface area contributed by atoms with Gasteiger partial charge in [0.25, 0.3) is 0 Å². The molecule has 0 N–H and O–H groups in total. The molecular formula is C61H41NO. The second-order valence-corrected chi connectivity index (χ2v) is 16.3. The zero-order valence-corrected chi connectivity index (χ0v) is 34.5. The first-order valence-corrected chi connectivity index (χ1v) is 21.7. The molecule has 296 valence electrons. The molecule has 0 amide bonds. The van der Waals surface area contributed by atoms with Crippen molar-refractivity contribution in [3.63, 3.8) is 0 Å². The van der Waals surface area contributed by atoms with Gasteiger partial charge < -0.3 is 9.32 Å². The lowest BCUT2D eigenvalue weighted by Crippen LogP contribution is -2.28. The van der Waals surface area contributed by atoms with E-state index < -0.39 is 5.41 Å². The van der Waals surface area contributed by atoms with E-state index in [1.165, 1.54) is 33.4 Å². The lowest BCUT2D eigenvalue weighted by molar-refractivity contribution is 0.669. The first-order chi connectivity index (χ1) is 31.3. The van der Waals surface area contributed by atoms with Crippen molar-refractivity contribution in [3.05, 3.63) is 271 Å². The first kappa shape index (κ1) is 36.6. The quantitative estimate of drug-likeness (QED) is 0.152. The van der Waals surface area contributed by atoms with Crippen LogP contribution in [0.2, 0.25) is 0 Å². The molecule has 2 heteroatoms. The average molecular weight is 804 g/mol. The molecule has 0 unspecified atom stereocenters. The van der Waals surface area contributed by atoms with Gasteiger partial charge in [-0.2, -0.15) is 0 Å². The molecule has 0 spiro atoms. The number of hydrogen-bond acceptors (Lipinski definition) is 2. The van der Waals surface area contributed by atoms with Crippen LogP contribution in [0.25, 0.3) is 66.4 Å². The van der Waals surface area contributed by atoms with Crippen LogP contribution in [0.5, 0.6) is 0 Å². The molecule has 10 aromatic carbocycles. The van der Waals surface area contributed by atoms with Gasteiger partial charge in [0.1, 0.15) is 11.2 Å². The fraction of sp³-hybridized carbons (Fsp3) is 0.0164. The summed E-state index contributed by atoms with van der Waals surface area (Å²) in [5.74, 6) is 0. The molecule has 11 aromatic rings. The largest absolute Gasteiger partial charge is 0.456 e. The number of hydrogen-bond donors (Lipinski definition) is 0. The molecule has 1 heterocycles. The highest BCUT2D eigenvalue weighted by Crippen LogP contribution is 2.60. The van der Waals surface area contributed by atoms with E-state index in [1.807, 2.05) is 6.07 Å². The second kappa shape index (κ2) is 15.1. The zero-order valence-electron chi connectivity index (χ0n) is 34.5. The number of anilines is 3. The molecule has 1 aliphatic rings. The van der Waals surface area contributed by atoms with Gasteiger partial charge >= 0.3 is 0 Å². The first-order valence-electron chi connectivity index (χ1n) is 21.7. The Balaban J connectivity index is 1.22. The Morgan fingerprint density at radius 2 is 0.778 bits per heavy atom. The van der Waals surface area contributed by atoms with E-state index in [-0.39, 0.29) is 0 Å². The predicted molar refractivity (Wildman–Crippen MR) is 262 cm³/mol. The molecule has 0 saturated carbocycles. The van der Waals surface area contributed by atoms with Crippen LogP contribution in [0.1, 0.15) is 22.3 Å². The predicted octanol–water partition coefficient (Wildman–Crippen LogP) is 16.4. The van der Waals surface area contributed by atoms with Crippen molar-refractivity contribution < 1.29 is 4.42 Å². The van der Waals surface area contributed by atoms with Crippen LogP contribution in [0.15, 0.2) is 253 Å². The molecule has 0 radical (unpaired) electrons. The summed E-state index contributed by atoms with van der Waals surface area (Å²) in [6.07, 6.45) is 0. The van der Waals surface area contributed by atoms with Gasteiger partial charge in [0.2, 0.25) is 0 Å². The Hall–Kier alpha value is -8.20. The van der Waals surface area contributed by atoms with Crippen LogP contribution in [0, 0.1) is 0 Å². The van der Waals surface area contributed by atoms with E-state index in [4.69, 9.17) is 4.42 Å². The van der Waals surface area contributed by atoms with Crippen LogP contribution < -0.4 is 4.90 Å². The lowest BCUT2D eigenvalue weighted by atomic mass is 9.68. The van der Waals surface area contributed by atoms with Gasteiger partial charge in [-0.25, -0.2) is 0 Å². The third kappa shape index (κ3) is 5.72. The number of nitrogens with zero attached hydrogens (tertiary/aromatic N) is 1. The maximum absolute atomic E-state index is 6.51. The number of fused-ring (bicyclic) bond motifs is 6. The molecule has 0 atom stereocenters. The van der Waals surface area contributed by atoms with Crippen molar-refractivity contribution in [2.75, 3.05) is 4.90 Å². The fourth-order valence-corrected chi connectivity index (χ4v) is 10.4. The average Bonchev–Trinajstić information content (AvgIpc) is 3.90. The van der Waals surface area contributed by atoms with Gasteiger partial charge in [0.05, 0.1) is 22.5 Å². The SMILES string of the molecule is c1ccc(-c2ccccc2N(c2cccc(-c3cccc4oc5ccccc5c34)c2-c2ccccc2)c2cccc3c2-c2ccccc2C3(c2ccccc2)c2ccccc2)cc1. The fourth-order valence-electron chi connectivity index (χ4n) is 10.4. The molecule has 2 nitrogen and oxygen atoms in total. The standard InChI is InChI=1S/C61H41NO/c1-5-22-42(23-6-1)46-30-14-17-37-53(46)62(54-38-19-33-47(58(54)43-24-7-2-8-25-43)48-34-20-41-57-59(48)50-32-15-18-40-56(50)63-57)55-39-21-36-52-60(55)49-31-13-16-35-51(49)61(52,44-26-9-3-10-27-44)45-28-11-4-12-29-45/h1-41H. The van der Waals surface area contributed by atoms with Crippen LogP contribution in [-0.4, -0.2) is 0 Å². The molecule has 0 aliphatic heterocycles. The molecule has 1 aliphatic carbocycles. The summed E-state index contributed by atoms with van der Waals surface area (Å²) in [7, 11) is 0. The smallest absolute Gasteiger partial charge is 0.136 e. The Labute approximate surface area is 367 Å². The summed E-state index contributed by atoms with van der Waals surface area (Å²) in [6.45, 7) is 0. The Kier molecular flexibility index (Phi) is 8.76. The minimum Gasteiger partial charge on any atom is -0.456 e. The second-order valence-electron chi connectivity index (χ2n) is 16.3. The maximum atomic E-state index is 6.51. The minimum atomic E-state index is -0.558. The maximum Gasteiger partial charge on any atom is 0.136 e. The van der Waals surface area contributed by atoms with Gasteiger partial charge in [-0.1, -0.05) is 218 Å². The molecular weight excluding hydrogens is 763 g/mol. The molecule has 0 bridgehead atoms. The van der Waals surface area contributed by atoms with Crippen LogP contribution in [0.3, 0.4) is 0 Å². The van der Waals surface area contributed by atoms with E-state index in [0.29, 0.717) is 0 Å². The third-order valence-electron chi connectivity index (χ3n) is 13.0. The van der Waals surface area contributed by atoms with Crippen LogP contribution in [-0.2, 0) is 5.41 Å². The lowest BCUT2D eigenvalue weighted by Gasteiger charge is -2.35. The van der Waals surface area contributed by atoms with Crippen molar-refractivity contribution in [1.29, 1.82) is 0 Å². The summed E-state index contributed by atoms with van der Waals surface area (Å²) >= 11 is 0. The summed E-state index contributed by atoms with van der Waals surface area (Å²) in [5.41, 5.74) is 18.8. The van der Waals surface area contributed by atoms with E-state index in [0.717, 1.165) is 72.4 Å². The van der Waals surface area contributed by atoms with E-state index in [2.05, 4.69) is 248 Å². The van der Waals surface area contributed by atoms with Gasteiger partial charge in [0, 0.05) is 27.5 Å². The van der Waals surface area contributed by atoms with Crippen molar-refractivity contribution in [2.24, 2.45) is 0 Å². The van der Waals surface area contributed by atoms with Crippen molar-refractivity contribution in [1.82, 2.24) is 0 Å². The van der Waals surface area contributed by atoms with Crippen LogP contribution in [0.4, 0.5) is 17.1 Å². The van der Waals surface area contributed by atoms with E-state index in [1.54, 1.807) is 0 Å². The summed E-state index contributed by atoms with van der Waals surface area (Å²) in [4.78, 5) is 2.55. The third-order valence-corrected chi connectivity index (χ3v) is 13.0. The van der Waals surface area contributed by atoms with Gasteiger partial charge in [0.15, 0.2) is 0 Å². The van der Waals surface area contributed by atoms with Crippen molar-refractivity contribution in [3.8, 4) is 44.5 Å². The molecule has 63 heavy (non-hydrogen) atoms. The highest BCUT2D eigenvalue weighted by atomic mass is 16.3. The summed E-state index contributed by atoms with van der Waals surface area (Å²) in [5, 5.41) is 2.22. The van der Waals surface area contributed by atoms with Crippen LogP contribution >= 0.6 is 0 Å². The Morgan fingerprint density at radius 1 is 0.302 bits per heavy atom. The monoisotopic (exact) mass is 803 g/mol. The van der Waals surface area contributed by atoms with Crippen molar-refractivity contribution >= 4 is 39.0 Å². The Morgan fingerprint density at radius 3 is 1.51 bits per heavy atom. The normalized spacial score (nSPS) is 12.6. The topological polar surface area (TPSA) is 16.4 Å². The summed E-state index contributed by atoms with van der Waals surface area (Å²) < 4.78 is 6.51. The zero-order chi connectivity index (χ0) is 41.7. The molecule has 1 aromatic heterocycles. The minimum absolute atomic E-state index is 0.558. The van der Waals surface area contributed by atoms with E-state index >= 15 is 0 Å². The number of benzene rings is 10. The molecule has 12 rings (SSSR count). The molecule has 0 fully saturated rings. The Bertz CT molecular complexity index is 3400. The van der Waals surface area contributed by atoms with Gasteiger partial charge in [-0.3, -0.25) is 0 Å². The van der Waals surface area contributed by atoms with E-state index in [9.17, 15) is 0 Å². The van der Waals surface area contributed by atoms with Crippen molar-refractivity contribution in [2.45, 2.75) is 5.41 Å². The molecule has 0 saturated heterocycles. The summed E-state index contributed by atoms with van der Waals surface area (Å²) in [6, 6.07) is 90.4. The highest BCUT2D eigenvalue weighted by Gasteiger charge is 2.47. The highest BCUT2D eigenvalue weighted by molar-refractivity contribution is 6.15. The number of para-hydroxylation sites is 2. The number of furan rings is 1. The number of rotatable bonds is 8.